The molecular weight excluding hydrogens is 182 g/mol. The summed E-state index contributed by atoms with van der Waals surface area (Å²) >= 11 is 0. The standard InChI is InChI=1S/C9H13N3O2/c10-5-4-8(13)11-9(14)12-6-2-1-3-7-12/h1-4,6-7H2,(H,11,13,14). The molecule has 0 aromatic carbocycles. The number of carbonyl (C=O) groups is 2. The largest absolute Gasteiger partial charge is 0.324 e. The molecular formula is C9H13N3O2. The van der Waals surface area contributed by atoms with Gasteiger partial charge in [0.1, 0.15) is 6.42 Å². The minimum atomic E-state index is -0.525. The molecule has 0 aromatic rings. The molecule has 0 spiro atoms. The third kappa shape index (κ3) is 3.05. The monoisotopic (exact) mass is 195 g/mol. The summed E-state index contributed by atoms with van der Waals surface area (Å²) in [6.45, 7) is 1.40. The van der Waals surface area contributed by atoms with Gasteiger partial charge < -0.3 is 4.90 Å². The van der Waals surface area contributed by atoms with Crippen molar-refractivity contribution < 1.29 is 9.59 Å². The first-order valence-electron chi connectivity index (χ1n) is 4.70. The number of nitriles is 1. The smallest absolute Gasteiger partial charge is 0.324 e. The van der Waals surface area contributed by atoms with Crippen molar-refractivity contribution in [1.29, 1.82) is 5.26 Å². The number of hydrogen-bond acceptors (Lipinski definition) is 3. The highest BCUT2D eigenvalue weighted by Gasteiger charge is 2.17. The van der Waals surface area contributed by atoms with E-state index in [1.165, 1.54) is 0 Å². The normalized spacial score (nSPS) is 15.8. The average molecular weight is 195 g/mol. The molecule has 76 valence electrons. The van der Waals surface area contributed by atoms with Gasteiger partial charge in [-0.1, -0.05) is 0 Å². The Kier molecular flexibility index (Phi) is 3.92. The summed E-state index contributed by atoms with van der Waals surface area (Å²) in [5.41, 5.74) is 0. The molecule has 0 atom stereocenters. The van der Waals surface area contributed by atoms with E-state index >= 15 is 0 Å². The third-order valence-corrected chi connectivity index (χ3v) is 2.13. The Bertz CT molecular complexity index is 264. The van der Waals surface area contributed by atoms with Gasteiger partial charge in [-0.25, -0.2) is 4.79 Å². The zero-order chi connectivity index (χ0) is 10.4. The molecule has 1 fully saturated rings. The van der Waals surface area contributed by atoms with Crippen LogP contribution in [0.4, 0.5) is 4.79 Å². The molecule has 1 aliphatic rings. The van der Waals surface area contributed by atoms with Crippen LogP contribution in [0.5, 0.6) is 0 Å². The number of likely N-dealkylation sites (tertiary alicyclic amines) is 1. The maximum absolute atomic E-state index is 11.4. The third-order valence-electron chi connectivity index (χ3n) is 2.13. The van der Waals surface area contributed by atoms with Gasteiger partial charge in [-0.05, 0) is 19.3 Å². The lowest BCUT2D eigenvalue weighted by Crippen LogP contribution is -2.44. The molecule has 0 aromatic heterocycles. The number of urea groups is 1. The molecule has 5 heteroatoms. The number of piperidine rings is 1. The lowest BCUT2D eigenvalue weighted by Gasteiger charge is -2.26. The van der Waals surface area contributed by atoms with E-state index in [-0.39, 0.29) is 12.5 Å². The van der Waals surface area contributed by atoms with Crippen molar-refractivity contribution in [3.63, 3.8) is 0 Å². The summed E-state index contributed by atoms with van der Waals surface area (Å²) in [5.74, 6) is -0.525. The van der Waals surface area contributed by atoms with Crippen molar-refractivity contribution in [3.8, 4) is 6.07 Å². The number of hydrogen-bond donors (Lipinski definition) is 1. The van der Waals surface area contributed by atoms with Gasteiger partial charge in [-0.2, -0.15) is 5.26 Å². The van der Waals surface area contributed by atoms with E-state index in [0.717, 1.165) is 19.3 Å². The van der Waals surface area contributed by atoms with E-state index in [2.05, 4.69) is 5.32 Å². The van der Waals surface area contributed by atoms with Gasteiger partial charge in [-0.15, -0.1) is 0 Å². The lowest BCUT2D eigenvalue weighted by atomic mass is 10.1. The first-order valence-corrected chi connectivity index (χ1v) is 4.70. The molecule has 1 heterocycles. The summed E-state index contributed by atoms with van der Waals surface area (Å²) in [6.07, 6.45) is 2.84. The van der Waals surface area contributed by atoms with Crippen molar-refractivity contribution >= 4 is 11.9 Å². The molecule has 1 saturated heterocycles. The molecule has 1 aliphatic heterocycles. The number of nitrogens with zero attached hydrogens (tertiary/aromatic N) is 2. The minimum Gasteiger partial charge on any atom is -0.324 e. The second kappa shape index (κ2) is 5.22. The summed E-state index contributed by atoms with van der Waals surface area (Å²) in [5, 5.41) is 10.4. The average Bonchev–Trinajstić information content (AvgIpc) is 2.19. The molecule has 1 rings (SSSR count). The van der Waals surface area contributed by atoms with Crippen LogP contribution in [0, 0.1) is 11.3 Å². The van der Waals surface area contributed by atoms with Crippen LogP contribution in [0.3, 0.4) is 0 Å². The van der Waals surface area contributed by atoms with E-state index in [4.69, 9.17) is 5.26 Å². The van der Waals surface area contributed by atoms with E-state index in [9.17, 15) is 9.59 Å². The zero-order valence-corrected chi connectivity index (χ0v) is 7.95. The molecule has 14 heavy (non-hydrogen) atoms. The molecule has 1 N–H and O–H groups in total. The maximum Gasteiger partial charge on any atom is 0.324 e. The topological polar surface area (TPSA) is 73.2 Å². The van der Waals surface area contributed by atoms with E-state index in [1.54, 1.807) is 11.0 Å². The fraction of sp³-hybridized carbons (Fsp3) is 0.667. The highest BCUT2D eigenvalue weighted by atomic mass is 16.2. The number of carbonyl (C=O) groups excluding carboxylic acids is 2. The second-order valence-electron chi connectivity index (χ2n) is 3.24. The molecule has 0 unspecified atom stereocenters. The number of rotatable bonds is 1. The van der Waals surface area contributed by atoms with E-state index in [1.807, 2.05) is 0 Å². The Balaban J connectivity index is 2.33. The van der Waals surface area contributed by atoms with Crippen LogP contribution >= 0.6 is 0 Å². The lowest BCUT2D eigenvalue weighted by molar-refractivity contribution is -0.119. The Morgan fingerprint density at radius 1 is 1.29 bits per heavy atom. The molecule has 5 nitrogen and oxygen atoms in total. The van der Waals surface area contributed by atoms with Crippen LogP contribution in [0.25, 0.3) is 0 Å². The van der Waals surface area contributed by atoms with Crippen LogP contribution in [0.15, 0.2) is 0 Å². The highest BCUT2D eigenvalue weighted by Crippen LogP contribution is 2.08. The van der Waals surface area contributed by atoms with Gasteiger partial charge in [-0.3, -0.25) is 10.1 Å². The van der Waals surface area contributed by atoms with Crippen LogP contribution in [-0.2, 0) is 4.79 Å². The first kappa shape index (κ1) is 10.5. The van der Waals surface area contributed by atoms with Crippen molar-refractivity contribution in [3.05, 3.63) is 0 Å². The predicted octanol–water partition coefficient (Wildman–Crippen LogP) is 0.622. The highest BCUT2D eigenvalue weighted by molar-refractivity contribution is 5.95. The Labute approximate surface area is 82.7 Å². The van der Waals surface area contributed by atoms with Gasteiger partial charge in [0.05, 0.1) is 6.07 Å². The van der Waals surface area contributed by atoms with Crippen molar-refractivity contribution in [2.24, 2.45) is 0 Å². The fourth-order valence-corrected chi connectivity index (χ4v) is 1.41. The van der Waals surface area contributed by atoms with Crippen LogP contribution in [0.1, 0.15) is 25.7 Å². The summed E-state index contributed by atoms with van der Waals surface area (Å²) in [6, 6.07) is 1.32. The van der Waals surface area contributed by atoms with Crippen LogP contribution < -0.4 is 5.32 Å². The second-order valence-corrected chi connectivity index (χ2v) is 3.24. The fourth-order valence-electron chi connectivity index (χ4n) is 1.41. The van der Waals surface area contributed by atoms with Crippen LogP contribution in [-0.4, -0.2) is 29.9 Å². The Hall–Kier alpha value is -1.57. The number of nitrogens with one attached hydrogen (secondary N) is 1. The number of amides is 3. The van der Waals surface area contributed by atoms with Crippen LogP contribution in [0.2, 0.25) is 0 Å². The summed E-state index contributed by atoms with van der Waals surface area (Å²) in [4.78, 5) is 23.9. The van der Waals surface area contributed by atoms with E-state index < -0.39 is 5.91 Å². The van der Waals surface area contributed by atoms with E-state index in [0.29, 0.717) is 13.1 Å². The number of imide groups is 1. The van der Waals surface area contributed by atoms with Gasteiger partial charge >= 0.3 is 6.03 Å². The Morgan fingerprint density at radius 2 is 1.93 bits per heavy atom. The molecule has 3 amide bonds. The quantitative estimate of drug-likeness (QED) is 0.666. The maximum atomic E-state index is 11.4. The zero-order valence-electron chi connectivity index (χ0n) is 7.95. The Morgan fingerprint density at radius 3 is 2.50 bits per heavy atom. The van der Waals surface area contributed by atoms with Gasteiger partial charge in [0, 0.05) is 13.1 Å². The molecule has 0 bridgehead atoms. The molecule has 0 aliphatic carbocycles. The van der Waals surface area contributed by atoms with Crippen molar-refractivity contribution in [2.45, 2.75) is 25.7 Å². The molecule has 0 saturated carbocycles. The van der Waals surface area contributed by atoms with Crippen molar-refractivity contribution in [2.75, 3.05) is 13.1 Å². The molecule has 0 radical (unpaired) electrons. The SMILES string of the molecule is N#CCC(=O)NC(=O)N1CCCCC1. The summed E-state index contributed by atoms with van der Waals surface area (Å²) in [7, 11) is 0. The van der Waals surface area contributed by atoms with Crippen molar-refractivity contribution in [1.82, 2.24) is 10.2 Å². The van der Waals surface area contributed by atoms with Gasteiger partial charge in [0.2, 0.25) is 5.91 Å². The first-order chi connectivity index (χ1) is 6.74. The summed E-state index contributed by atoms with van der Waals surface area (Å²) < 4.78 is 0. The van der Waals surface area contributed by atoms with Gasteiger partial charge in [0.15, 0.2) is 0 Å². The minimum absolute atomic E-state index is 0.264. The predicted molar refractivity (Wildman–Crippen MR) is 49.2 cm³/mol. The van der Waals surface area contributed by atoms with Gasteiger partial charge in [0.25, 0.3) is 0 Å².